The molecule has 0 radical (unpaired) electrons. The molecule has 0 heterocycles. The summed E-state index contributed by atoms with van der Waals surface area (Å²) in [5, 5.41) is 0.801. The van der Waals surface area contributed by atoms with E-state index in [2.05, 4.69) is 19.1 Å². The molecule has 0 saturated heterocycles. The number of benzene rings is 1. The molecule has 1 aromatic carbocycles. The quantitative estimate of drug-likeness (QED) is 0.623. The van der Waals surface area contributed by atoms with Gasteiger partial charge in [0.15, 0.2) is 0 Å². The number of halogens is 2. The van der Waals surface area contributed by atoms with Crippen molar-refractivity contribution in [3.05, 3.63) is 34.9 Å². The average molecular weight is 245 g/mol. The van der Waals surface area contributed by atoms with Crippen molar-refractivity contribution in [3.8, 4) is 0 Å². The van der Waals surface area contributed by atoms with Gasteiger partial charge in [0.2, 0.25) is 0 Å². The Morgan fingerprint density at radius 1 is 1.20 bits per heavy atom. The van der Waals surface area contributed by atoms with Crippen molar-refractivity contribution in [2.75, 3.05) is 5.88 Å². The first-order valence-corrected chi connectivity index (χ1v) is 6.48. The molecule has 15 heavy (non-hydrogen) atoms. The summed E-state index contributed by atoms with van der Waals surface area (Å²) in [6.45, 7) is 2.22. The normalized spacial score (nSPS) is 12.7. The van der Waals surface area contributed by atoms with E-state index in [1.807, 2.05) is 12.1 Å². The predicted octanol–water partition coefficient (Wildman–Crippen LogP) is 4.93. The number of unbranched alkanes of at least 4 members (excludes halogenated alkanes) is 1. The second kappa shape index (κ2) is 7.14. The third-order valence-electron chi connectivity index (χ3n) is 2.62. The second-order valence-corrected chi connectivity index (χ2v) is 4.74. The van der Waals surface area contributed by atoms with Crippen LogP contribution in [0.1, 0.15) is 31.7 Å². The summed E-state index contributed by atoms with van der Waals surface area (Å²) in [6.07, 6.45) is 4.81. The van der Waals surface area contributed by atoms with E-state index in [4.69, 9.17) is 23.2 Å². The highest BCUT2D eigenvalue weighted by atomic mass is 35.5. The molecule has 84 valence electrons. The number of rotatable bonds is 6. The largest absolute Gasteiger partial charge is 0.126 e. The maximum Gasteiger partial charge on any atom is 0.0406 e. The molecule has 0 nitrogen and oxygen atoms in total. The first-order chi connectivity index (χ1) is 7.26. The van der Waals surface area contributed by atoms with Crippen LogP contribution >= 0.6 is 23.2 Å². The van der Waals surface area contributed by atoms with Crippen molar-refractivity contribution in [3.63, 3.8) is 0 Å². The van der Waals surface area contributed by atoms with Crippen LogP contribution in [0, 0.1) is 5.92 Å². The molecule has 0 amide bonds. The lowest BCUT2D eigenvalue weighted by molar-refractivity contribution is 0.509. The smallest absolute Gasteiger partial charge is 0.0406 e. The third-order valence-corrected chi connectivity index (χ3v) is 3.31. The van der Waals surface area contributed by atoms with E-state index in [-0.39, 0.29) is 0 Å². The minimum atomic E-state index is 0.604. The molecule has 0 bridgehead atoms. The average Bonchev–Trinajstić information content (AvgIpc) is 2.27. The van der Waals surface area contributed by atoms with Gasteiger partial charge in [-0.3, -0.25) is 0 Å². The summed E-state index contributed by atoms with van der Waals surface area (Å²) < 4.78 is 0. The molecule has 0 aliphatic rings. The van der Waals surface area contributed by atoms with Crippen LogP contribution < -0.4 is 0 Å². The lowest BCUT2D eigenvalue weighted by Crippen LogP contribution is -2.06. The highest BCUT2D eigenvalue weighted by Crippen LogP contribution is 2.18. The Morgan fingerprint density at radius 3 is 2.40 bits per heavy atom. The van der Waals surface area contributed by atoms with Crippen molar-refractivity contribution in [2.24, 2.45) is 5.92 Å². The molecular weight excluding hydrogens is 227 g/mol. The Balaban J connectivity index is 2.47. The summed E-state index contributed by atoms with van der Waals surface area (Å²) >= 11 is 11.8. The van der Waals surface area contributed by atoms with Crippen LogP contribution in [0.15, 0.2) is 24.3 Å². The van der Waals surface area contributed by atoms with E-state index >= 15 is 0 Å². The van der Waals surface area contributed by atoms with Gasteiger partial charge in [-0.25, -0.2) is 0 Å². The maximum atomic E-state index is 5.96. The fourth-order valence-corrected chi connectivity index (χ4v) is 2.07. The summed E-state index contributed by atoms with van der Waals surface area (Å²) in [5.41, 5.74) is 1.33. The van der Waals surface area contributed by atoms with Gasteiger partial charge >= 0.3 is 0 Å². The Hall–Kier alpha value is -0.200. The molecule has 0 aliphatic heterocycles. The molecule has 1 rings (SSSR count). The first kappa shape index (κ1) is 12.9. The van der Waals surface area contributed by atoms with E-state index in [0.29, 0.717) is 5.92 Å². The van der Waals surface area contributed by atoms with Crippen molar-refractivity contribution in [2.45, 2.75) is 32.6 Å². The van der Waals surface area contributed by atoms with Gasteiger partial charge in [0.05, 0.1) is 0 Å². The molecule has 1 unspecified atom stereocenters. The van der Waals surface area contributed by atoms with E-state index in [0.717, 1.165) is 17.3 Å². The maximum absolute atomic E-state index is 5.96. The molecule has 0 aliphatic carbocycles. The zero-order chi connectivity index (χ0) is 11.1. The Labute approximate surface area is 103 Å². The third kappa shape index (κ3) is 4.90. The van der Waals surface area contributed by atoms with Gasteiger partial charge in [0.1, 0.15) is 0 Å². The molecule has 0 spiro atoms. The minimum Gasteiger partial charge on any atom is -0.126 e. The SMILES string of the molecule is CCCCC(CCl)Cc1ccc(Cl)cc1. The molecule has 0 aromatic heterocycles. The standard InChI is InChI=1S/C13H18Cl2/c1-2-3-4-12(10-14)9-11-5-7-13(15)8-6-11/h5-8,12H,2-4,9-10H2,1H3. The zero-order valence-corrected chi connectivity index (χ0v) is 10.7. The summed E-state index contributed by atoms with van der Waals surface area (Å²) in [4.78, 5) is 0. The summed E-state index contributed by atoms with van der Waals surface area (Å²) in [6, 6.07) is 8.08. The molecule has 0 saturated carbocycles. The highest BCUT2D eigenvalue weighted by molar-refractivity contribution is 6.30. The lowest BCUT2D eigenvalue weighted by atomic mass is 9.96. The van der Waals surface area contributed by atoms with E-state index in [9.17, 15) is 0 Å². The summed E-state index contributed by atoms with van der Waals surface area (Å²) in [7, 11) is 0. The van der Waals surface area contributed by atoms with Gasteiger partial charge in [-0.2, -0.15) is 0 Å². The van der Waals surface area contributed by atoms with Crippen molar-refractivity contribution >= 4 is 23.2 Å². The van der Waals surface area contributed by atoms with Gasteiger partial charge in [0.25, 0.3) is 0 Å². The Morgan fingerprint density at radius 2 is 1.87 bits per heavy atom. The molecule has 2 heteroatoms. The number of hydrogen-bond donors (Lipinski definition) is 0. The van der Waals surface area contributed by atoms with Gasteiger partial charge in [-0.1, -0.05) is 43.5 Å². The molecular formula is C13H18Cl2. The highest BCUT2D eigenvalue weighted by Gasteiger charge is 2.07. The summed E-state index contributed by atoms with van der Waals surface area (Å²) in [5.74, 6) is 1.36. The second-order valence-electron chi connectivity index (χ2n) is 3.99. The number of alkyl halides is 1. The van der Waals surface area contributed by atoms with Gasteiger partial charge < -0.3 is 0 Å². The zero-order valence-electron chi connectivity index (χ0n) is 9.18. The molecule has 1 aromatic rings. The van der Waals surface area contributed by atoms with Crippen LogP contribution in [0.4, 0.5) is 0 Å². The van der Waals surface area contributed by atoms with E-state index in [1.54, 1.807) is 0 Å². The van der Waals surface area contributed by atoms with Crippen molar-refractivity contribution < 1.29 is 0 Å². The van der Waals surface area contributed by atoms with E-state index in [1.165, 1.54) is 24.8 Å². The molecule has 1 atom stereocenters. The number of hydrogen-bond acceptors (Lipinski definition) is 0. The lowest BCUT2D eigenvalue weighted by Gasteiger charge is -2.13. The van der Waals surface area contributed by atoms with Gasteiger partial charge in [-0.05, 0) is 36.5 Å². The van der Waals surface area contributed by atoms with Crippen LogP contribution in [0.5, 0.6) is 0 Å². The molecule has 0 fully saturated rings. The van der Waals surface area contributed by atoms with Crippen molar-refractivity contribution in [1.82, 2.24) is 0 Å². The topological polar surface area (TPSA) is 0 Å². The first-order valence-electron chi connectivity index (χ1n) is 5.56. The fraction of sp³-hybridized carbons (Fsp3) is 0.538. The van der Waals surface area contributed by atoms with Crippen LogP contribution in [0.3, 0.4) is 0 Å². The van der Waals surface area contributed by atoms with Crippen LogP contribution in [-0.4, -0.2) is 5.88 Å². The fourth-order valence-electron chi connectivity index (χ4n) is 1.68. The predicted molar refractivity (Wildman–Crippen MR) is 68.9 cm³/mol. The van der Waals surface area contributed by atoms with E-state index < -0.39 is 0 Å². The monoisotopic (exact) mass is 244 g/mol. The van der Waals surface area contributed by atoms with Gasteiger partial charge in [-0.15, -0.1) is 11.6 Å². The Kier molecular flexibility index (Phi) is 6.12. The van der Waals surface area contributed by atoms with Gasteiger partial charge in [0, 0.05) is 10.9 Å². The van der Waals surface area contributed by atoms with Crippen LogP contribution in [0.25, 0.3) is 0 Å². The minimum absolute atomic E-state index is 0.604. The Bertz CT molecular complexity index is 266. The molecule has 0 N–H and O–H groups in total. The van der Waals surface area contributed by atoms with Crippen molar-refractivity contribution in [1.29, 1.82) is 0 Å². The van der Waals surface area contributed by atoms with Crippen LogP contribution in [0.2, 0.25) is 5.02 Å². The van der Waals surface area contributed by atoms with Crippen LogP contribution in [-0.2, 0) is 6.42 Å².